The largest absolute Gasteiger partial charge is 0.462 e. The van der Waals surface area contributed by atoms with Gasteiger partial charge >= 0.3 is 25.1 Å². The minimum absolute atomic E-state index is 0. The van der Waals surface area contributed by atoms with Gasteiger partial charge in [0.25, 0.3) is 0 Å². The van der Waals surface area contributed by atoms with Gasteiger partial charge in [0.2, 0.25) is 0 Å². The molecule has 2 aliphatic rings. The summed E-state index contributed by atoms with van der Waals surface area (Å²) < 4.78 is 71.8. The van der Waals surface area contributed by atoms with Crippen molar-refractivity contribution in [2.75, 3.05) is 24.7 Å². The Bertz CT molecular complexity index is 2030. The van der Waals surface area contributed by atoms with Crippen LogP contribution in [0.15, 0.2) is 89.8 Å². The molecule has 1 aromatic carbocycles. The van der Waals surface area contributed by atoms with E-state index in [1.165, 1.54) is 43.6 Å². The molecule has 0 radical (unpaired) electrons. The van der Waals surface area contributed by atoms with Gasteiger partial charge in [-0.1, -0.05) is 37.8 Å². The SMILES string of the molecule is C.C=C[C@]1(CO)O[C@@H](n2ccc(N)nc2=O)[C@H](F)[C@@H]1O.C=C[C@]1(COP(=O)(N[C@@H](C)C(=O)OC(C)C)Oc2ccccc2)O[C@@H](n2ccc(N)nc2=O)[C@H](F)[C@@H]1O. The number of alkyl halides is 2. The van der Waals surface area contributed by atoms with E-state index in [0.29, 0.717) is 0 Å². The maximum atomic E-state index is 15.2. The minimum atomic E-state index is -4.37. The number of hydrogen-bond acceptors (Lipinski definition) is 16. The molecular formula is C35H48F2N7O12P. The van der Waals surface area contributed by atoms with E-state index in [1.54, 1.807) is 32.0 Å². The van der Waals surface area contributed by atoms with E-state index < -0.39 is 98.7 Å². The van der Waals surface area contributed by atoms with Crippen LogP contribution in [-0.2, 0) is 28.1 Å². The summed E-state index contributed by atoms with van der Waals surface area (Å²) in [6, 6.07) is 9.41. The third-order valence-corrected chi connectivity index (χ3v) is 10.1. The maximum absolute atomic E-state index is 15.2. The topological polar surface area (TPSA) is 275 Å². The molecule has 3 aromatic rings. The van der Waals surface area contributed by atoms with Gasteiger partial charge in [0.05, 0.1) is 19.3 Å². The first-order chi connectivity index (χ1) is 26.3. The predicted octanol–water partition coefficient (Wildman–Crippen LogP) is 1.72. The van der Waals surface area contributed by atoms with Crippen molar-refractivity contribution in [1.29, 1.82) is 0 Å². The van der Waals surface area contributed by atoms with Gasteiger partial charge in [0.15, 0.2) is 24.8 Å². The third kappa shape index (κ3) is 10.4. The molecule has 8 N–H and O–H groups in total. The number of nitrogens with two attached hydrogens (primary N) is 2. The van der Waals surface area contributed by atoms with Crippen molar-refractivity contribution in [2.45, 2.75) is 88.6 Å². The van der Waals surface area contributed by atoms with Crippen LogP contribution in [0.1, 0.15) is 40.7 Å². The number of nitrogens with zero attached hydrogens (tertiary/aromatic N) is 4. The van der Waals surface area contributed by atoms with Gasteiger partial charge in [-0.15, -0.1) is 13.2 Å². The Kier molecular flexibility index (Phi) is 15.6. The number of para-hydroxylation sites is 1. The Morgan fingerprint density at radius 1 is 0.947 bits per heavy atom. The second-order valence-electron chi connectivity index (χ2n) is 12.9. The lowest BCUT2D eigenvalue weighted by molar-refractivity contribution is -0.149. The summed E-state index contributed by atoms with van der Waals surface area (Å²) in [5, 5.41) is 32.2. The number of ether oxygens (including phenoxy) is 3. The summed E-state index contributed by atoms with van der Waals surface area (Å²) in [7, 11) is -4.37. The zero-order valence-corrected chi connectivity index (χ0v) is 31.4. The molecule has 0 aliphatic carbocycles. The molecule has 0 amide bonds. The van der Waals surface area contributed by atoms with Gasteiger partial charge in [0, 0.05) is 12.4 Å². The van der Waals surface area contributed by atoms with E-state index in [2.05, 4.69) is 28.2 Å². The summed E-state index contributed by atoms with van der Waals surface area (Å²) in [6.45, 7) is 10.3. The summed E-state index contributed by atoms with van der Waals surface area (Å²) in [4.78, 5) is 43.2. The fourth-order valence-electron chi connectivity index (χ4n) is 5.46. The first kappa shape index (κ1) is 46.5. The first-order valence-corrected chi connectivity index (χ1v) is 18.4. The zero-order chi connectivity index (χ0) is 41.6. The van der Waals surface area contributed by atoms with E-state index in [0.717, 1.165) is 21.3 Å². The number of esters is 1. The van der Waals surface area contributed by atoms with Crippen molar-refractivity contribution < 1.29 is 56.7 Å². The second-order valence-corrected chi connectivity index (χ2v) is 14.6. The molecule has 314 valence electrons. The molecule has 57 heavy (non-hydrogen) atoms. The van der Waals surface area contributed by atoms with Crippen LogP contribution in [0, 0.1) is 0 Å². The highest BCUT2D eigenvalue weighted by atomic mass is 31.2. The predicted molar refractivity (Wildman–Crippen MR) is 202 cm³/mol. The number of halogens is 2. The quantitative estimate of drug-likeness (QED) is 0.0767. The zero-order valence-electron chi connectivity index (χ0n) is 30.5. The number of rotatable bonds is 14. The number of benzene rings is 1. The molecule has 2 aromatic heterocycles. The summed E-state index contributed by atoms with van der Waals surface area (Å²) >= 11 is 0. The molecule has 2 saturated heterocycles. The highest BCUT2D eigenvalue weighted by molar-refractivity contribution is 7.52. The smallest absolute Gasteiger partial charge is 0.459 e. The van der Waals surface area contributed by atoms with E-state index in [-0.39, 0.29) is 24.8 Å². The fraction of sp³-hybridized carbons (Fsp3) is 0.457. The molecule has 22 heteroatoms. The standard InChI is InChI=1S/C23H30FN4O8P.C11H14FN3O4.CH4/c1-5-23(19(29)18(24)20(35-23)28-12-11-17(25)26-22(28)31)13-33-37(32,36-16-9-7-6-8-10-16)27-15(4)21(30)34-14(2)3;1-2-11(5-16)8(17)7(12)9(19-11)15-4-3-6(13)14-10(15)18;/h5-12,14-15,18-20,29H,1,13H2,2-4H3,(H,27,32)(H2,25,26,31);2-4,7-9,16-17H,1,5H2,(H2,13,14,18);1H4/t15-,18+,19-,20+,23+,37?;7-,8+,9-,11-;/m01./s1. The lowest BCUT2D eigenvalue weighted by Crippen LogP contribution is -2.45. The van der Waals surface area contributed by atoms with Crippen LogP contribution in [0.4, 0.5) is 20.4 Å². The molecule has 19 nitrogen and oxygen atoms in total. The second kappa shape index (κ2) is 19.1. The van der Waals surface area contributed by atoms with Crippen LogP contribution in [0.3, 0.4) is 0 Å². The first-order valence-electron chi connectivity index (χ1n) is 16.9. The average molecular weight is 828 g/mol. The maximum Gasteiger partial charge on any atom is 0.459 e. The molecule has 1 unspecified atom stereocenters. The Morgan fingerprint density at radius 2 is 1.42 bits per heavy atom. The molecule has 0 saturated carbocycles. The number of anilines is 2. The van der Waals surface area contributed by atoms with Gasteiger partial charge in [-0.05, 0) is 45.0 Å². The van der Waals surface area contributed by atoms with E-state index in [1.807, 2.05) is 0 Å². The molecule has 5 rings (SSSR count). The molecule has 0 bridgehead atoms. The summed E-state index contributed by atoms with van der Waals surface area (Å²) in [5.74, 6) is -0.662. The number of carbonyl (C=O) groups is 1. The average Bonchev–Trinajstić information content (AvgIpc) is 3.55. The van der Waals surface area contributed by atoms with Gasteiger partial charge < -0.3 is 45.5 Å². The third-order valence-electron chi connectivity index (χ3n) is 8.51. The van der Waals surface area contributed by atoms with Gasteiger partial charge in [-0.25, -0.2) is 22.9 Å². The van der Waals surface area contributed by atoms with Crippen molar-refractivity contribution in [3.63, 3.8) is 0 Å². The van der Waals surface area contributed by atoms with Crippen molar-refractivity contribution in [2.24, 2.45) is 0 Å². The fourth-order valence-corrected chi connectivity index (χ4v) is 6.99. The number of aliphatic hydroxyl groups is 3. The Hall–Kier alpha value is -4.86. The number of carbonyl (C=O) groups excluding carboxylic acids is 1. The number of nitrogen functional groups attached to an aromatic ring is 2. The van der Waals surface area contributed by atoms with E-state index in [4.69, 9.17) is 34.7 Å². The number of aliphatic hydroxyl groups excluding tert-OH is 3. The van der Waals surface area contributed by atoms with E-state index in [9.17, 15) is 38.7 Å². The van der Waals surface area contributed by atoms with Crippen LogP contribution < -0.4 is 32.5 Å². The molecule has 2 fully saturated rings. The van der Waals surface area contributed by atoms with Crippen LogP contribution in [-0.4, -0.2) is 102 Å². The van der Waals surface area contributed by atoms with Crippen molar-refractivity contribution in [1.82, 2.24) is 24.2 Å². The van der Waals surface area contributed by atoms with Crippen LogP contribution >= 0.6 is 7.75 Å². The monoisotopic (exact) mass is 827 g/mol. The molecule has 4 heterocycles. The summed E-state index contributed by atoms with van der Waals surface area (Å²) in [5.41, 5.74) is 5.50. The van der Waals surface area contributed by atoms with Gasteiger partial charge in [-0.2, -0.15) is 15.1 Å². The van der Waals surface area contributed by atoms with Crippen molar-refractivity contribution in [3.8, 4) is 5.75 Å². The lowest BCUT2D eigenvalue weighted by atomic mass is 9.97. The number of aromatic nitrogens is 4. The Labute approximate surface area is 326 Å². The highest BCUT2D eigenvalue weighted by Gasteiger charge is 2.56. The van der Waals surface area contributed by atoms with Crippen molar-refractivity contribution in [3.05, 3.63) is 101 Å². The van der Waals surface area contributed by atoms with Crippen molar-refractivity contribution >= 4 is 25.4 Å². The molecule has 10 atom stereocenters. The van der Waals surface area contributed by atoms with Crippen LogP contribution in [0.5, 0.6) is 5.75 Å². The number of hydrogen-bond donors (Lipinski definition) is 6. The normalized spacial score (nSPS) is 28.2. The Morgan fingerprint density at radius 3 is 1.84 bits per heavy atom. The summed E-state index contributed by atoms with van der Waals surface area (Å²) in [6.07, 6.45) is -6.42. The molecule has 2 aliphatic heterocycles. The van der Waals surface area contributed by atoms with Gasteiger partial charge in [-0.3, -0.25) is 18.5 Å². The molecule has 0 spiro atoms. The Balaban J connectivity index is 0.000000365. The van der Waals surface area contributed by atoms with Crippen LogP contribution in [0.2, 0.25) is 0 Å². The molecular weight excluding hydrogens is 779 g/mol. The van der Waals surface area contributed by atoms with E-state index >= 15 is 4.39 Å². The number of nitrogens with one attached hydrogen (secondary N) is 1. The van der Waals surface area contributed by atoms with Crippen LogP contribution in [0.25, 0.3) is 0 Å². The minimum Gasteiger partial charge on any atom is -0.462 e. The lowest BCUT2D eigenvalue weighted by Gasteiger charge is -2.30. The van der Waals surface area contributed by atoms with Gasteiger partial charge in [0.1, 0.15) is 46.8 Å². The highest BCUT2D eigenvalue weighted by Crippen LogP contribution is 2.48.